The second-order valence-corrected chi connectivity index (χ2v) is 8.38. The van der Waals surface area contributed by atoms with E-state index in [0.717, 1.165) is 51.4 Å². The summed E-state index contributed by atoms with van der Waals surface area (Å²) < 4.78 is 10.4. The summed E-state index contributed by atoms with van der Waals surface area (Å²) in [7, 11) is 0. The number of rotatable bonds is 16. The molecule has 0 amide bonds. The minimum absolute atomic E-state index is 0.0592. The molecule has 1 rings (SSSR count). The number of carbonyl (C=O) groups is 4. The summed E-state index contributed by atoms with van der Waals surface area (Å²) >= 11 is 0. The third-order valence-corrected chi connectivity index (χ3v) is 5.89. The Balaban J connectivity index is 2.48. The number of hydrogen-bond acceptors (Lipinski definition) is 6. The lowest BCUT2D eigenvalue weighted by Gasteiger charge is -2.23. The molecule has 6 nitrogen and oxygen atoms in total. The standard InChI is InChI=1S/C24H40O6/c1-4-6-9-12-19(26)15-16-21-20(22(27)17-23(21)30-18(3)25)13-10-7-8-11-14-24(28)29-5-2/h20-21,23H,4-17H2,1-3H3. The fraction of sp³-hybridized carbons (Fsp3) is 0.833. The van der Waals surface area contributed by atoms with Crippen LogP contribution >= 0.6 is 0 Å². The molecule has 1 fully saturated rings. The highest BCUT2D eigenvalue weighted by Gasteiger charge is 2.43. The summed E-state index contributed by atoms with van der Waals surface area (Å²) in [5, 5.41) is 0. The van der Waals surface area contributed by atoms with Crippen LogP contribution in [-0.2, 0) is 28.7 Å². The lowest BCUT2D eigenvalue weighted by Crippen LogP contribution is -2.25. The molecule has 0 aromatic heterocycles. The summed E-state index contributed by atoms with van der Waals surface area (Å²) in [5.41, 5.74) is 0. The van der Waals surface area contributed by atoms with Crippen LogP contribution in [0.15, 0.2) is 0 Å². The van der Waals surface area contributed by atoms with Gasteiger partial charge >= 0.3 is 11.9 Å². The van der Waals surface area contributed by atoms with Gasteiger partial charge in [-0.15, -0.1) is 0 Å². The van der Waals surface area contributed by atoms with Gasteiger partial charge in [0.25, 0.3) is 0 Å². The predicted molar refractivity (Wildman–Crippen MR) is 115 cm³/mol. The van der Waals surface area contributed by atoms with E-state index in [4.69, 9.17) is 9.47 Å². The van der Waals surface area contributed by atoms with Gasteiger partial charge in [-0.05, 0) is 32.6 Å². The number of ether oxygens (including phenoxy) is 2. The molecule has 0 N–H and O–H groups in total. The molecule has 0 spiro atoms. The molecule has 0 saturated heterocycles. The van der Waals surface area contributed by atoms with Gasteiger partial charge in [-0.25, -0.2) is 0 Å². The van der Waals surface area contributed by atoms with Crippen LogP contribution in [0.25, 0.3) is 0 Å². The second-order valence-electron chi connectivity index (χ2n) is 8.38. The zero-order chi connectivity index (χ0) is 22.4. The minimum Gasteiger partial charge on any atom is -0.466 e. The Hall–Kier alpha value is -1.72. The van der Waals surface area contributed by atoms with Crippen molar-refractivity contribution in [2.75, 3.05) is 6.61 Å². The topological polar surface area (TPSA) is 86.7 Å². The maximum absolute atomic E-state index is 12.6. The van der Waals surface area contributed by atoms with Crippen LogP contribution in [0.1, 0.15) is 104 Å². The van der Waals surface area contributed by atoms with Gasteiger partial charge in [0, 0.05) is 44.4 Å². The van der Waals surface area contributed by atoms with Gasteiger partial charge in [-0.2, -0.15) is 0 Å². The highest BCUT2D eigenvalue weighted by Crippen LogP contribution is 2.38. The van der Waals surface area contributed by atoms with Crippen molar-refractivity contribution in [3.63, 3.8) is 0 Å². The van der Waals surface area contributed by atoms with Crippen LogP contribution in [-0.4, -0.2) is 36.2 Å². The molecular weight excluding hydrogens is 384 g/mol. The predicted octanol–water partition coefficient (Wildman–Crippen LogP) is 4.96. The molecule has 6 heteroatoms. The normalized spacial score (nSPS) is 20.9. The summed E-state index contributed by atoms with van der Waals surface area (Å²) in [6.45, 7) is 5.69. The Bertz CT molecular complexity index is 556. The highest BCUT2D eigenvalue weighted by molar-refractivity contribution is 5.85. The van der Waals surface area contributed by atoms with Crippen molar-refractivity contribution in [3.05, 3.63) is 0 Å². The molecule has 0 aromatic carbocycles. The van der Waals surface area contributed by atoms with Crippen molar-refractivity contribution >= 4 is 23.5 Å². The van der Waals surface area contributed by atoms with E-state index in [9.17, 15) is 19.2 Å². The maximum atomic E-state index is 12.6. The van der Waals surface area contributed by atoms with Crippen molar-refractivity contribution < 1.29 is 28.7 Å². The number of ketones is 2. The molecule has 1 aliphatic carbocycles. The maximum Gasteiger partial charge on any atom is 0.305 e. The van der Waals surface area contributed by atoms with E-state index in [2.05, 4.69) is 6.92 Å². The van der Waals surface area contributed by atoms with Gasteiger partial charge in [0.2, 0.25) is 0 Å². The SMILES string of the molecule is CCCCCC(=O)CCC1C(OC(C)=O)CC(=O)C1CCCCCCC(=O)OCC. The van der Waals surface area contributed by atoms with E-state index in [0.29, 0.717) is 32.3 Å². The zero-order valence-electron chi connectivity index (χ0n) is 19.1. The summed E-state index contributed by atoms with van der Waals surface area (Å²) in [5.74, 6) is -0.333. The Morgan fingerprint density at radius 3 is 2.27 bits per heavy atom. The summed E-state index contributed by atoms with van der Waals surface area (Å²) in [4.78, 5) is 47.6. The first-order valence-corrected chi connectivity index (χ1v) is 11.8. The molecule has 0 heterocycles. The average Bonchev–Trinajstić information content (AvgIpc) is 2.96. The fourth-order valence-electron chi connectivity index (χ4n) is 4.35. The Kier molecular flexibility index (Phi) is 13.3. The van der Waals surface area contributed by atoms with E-state index in [1.165, 1.54) is 6.92 Å². The minimum atomic E-state index is -0.396. The molecule has 0 aliphatic heterocycles. The van der Waals surface area contributed by atoms with Crippen LogP contribution in [0.2, 0.25) is 0 Å². The van der Waals surface area contributed by atoms with Crippen LogP contribution < -0.4 is 0 Å². The second kappa shape index (κ2) is 15.1. The molecular formula is C24H40O6. The number of unbranched alkanes of at least 4 members (excludes halogenated alkanes) is 5. The Morgan fingerprint density at radius 2 is 1.60 bits per heavy atom. The molecule has 0 aromatic rings. The molecule has 1 saturated carbocycles. The lowest BCUT2D eigenvalue weighted by molar-refractivity contribution is -0.148. The highest BCUT2D eigenvalue weighted by atomic mass is 16.5. The monoisotopic (exact) mass is 424 g/mol. The summed E-state index contributed by atoms with van der Waals surface area (Å²) in [6.07, 6.45) is 9.35. The molecule has 30 heavy (non-hydrogen) atoms. The number of carbonyl (C=O) groups excluding carboxylic acids is 4. The average molecular weight is 425 g/mol. The van der Waals surface area contributed by atoms with E-state index in [-0.39, 0.29) is 41.8 Å². The van der Waals surface area contributed by atoms with E-state index in [1.807, 2.05) is 0 Å². The van der Waals surface area contributed by atoms with Gasteiger partial charge in [0.05, 0.1) is 6.61 Å². The van der Waals surface area contributed by atoms with E-state index < -0.39 is 6.10 Å². The number of Topliss-reactive ketones (excluding diaryl/α,β-unsaturated/α-hetero) is 2. The molecule has 3 atom stereocenters. The molecule has 0 bridgehead atoms. The first-order valence-electron chi connectivity index (χ1n) is 11.8. The largest absolute Gasteiger partial charge is 0.466 e. The van der Waals surface area contributed by atoms with Gasteiger partial charge in [0.1, 0.15) is 17.7 Å². The van der Waals surface area contributed by atoms with Gasteiger partial charge < -0.3 is 9.47 Å². The van der Waals surface area contributed by atoms with Crippen molar-refractivity contribution in [1.29, 1.82) is 0 Å². The Labute approximate surface area is 181 Å². The first-order chi connectivity index (χ1) is 14.4. The molecule has 0 radical (unpaired) electrons. The van der Waals surface area contributed by atoms with E-state index in [1.54, 1.807) is 6.92 Å². The smallest absolute Gasteiger partial charge is 0.305 e. The van der Waals surface area contributed by atoms with Crippen LogP contribution in [0.4, 0.5) is 0 Å². The van der Waals surface area contributed by atoms with E-state index >= 15 is 0 Å². The van der Waals surface area contributed by atoms with Crippen molar-refractivity contribution in [1.82, 2.24) is 0 Å². The van der Waals surface area contributed by atoms with Crippen LogP contribution in [0, 0.1) is 11.8 Å². The zero-order valence-corrected chi connectivity index (χ0v) is 19.1. The lowest BCUT2D eigenvalue weighted by atomic mass is 9.85. The summed E-state index contributed by atoms with van der Waals surface area (Å²) in [6, 6.07) is 0. The van der Waals surface area contributed by atoms with Crippen molar-refractivity contribution in [2.45, 2.75) is 110 Å². The fourth-order valence-corrected chi connectivity index (χ4v) is 4.35. The third kappa shape index (κ3) is 10.4. The molecule has 3 unspecified atom stereocenters. The van der Waals surface area contributed by atoms with Gasteiger partial charge in [-0.1, -0.05) is 39.0 Å². The number of hydrogen-bond donors (Lipinski definition) is 0. The van der Waals surface area contributed by atoms with Crippen molar-refractivity contribution in [2.24, 2.45) is 11.8 Å². The Morgan fingerprint density at radius 1 is 0.900 bits per heavy atom. The van der Waals surface area contributed by atoms with Crippen molar-refractivity contribution in [3.8, 4) is 0 Å². The van der Waals surface area contributed by atoms with Crippen LogP contribution in [0.5, 0.6) is 0 Å². The molecule has 172 valence electrons. The van der Waals surface area contributed by atoms with Gasteiger partial charge in [0.15, 0.2) is 0 Å². The molecule has 1 aliphatic rings. The first kappa shape index (κ1) is 26.3. The van der Waals surface area contributed by atoms with Gasteiger partial charge in [-0.3, -0.25) is 19.2 Å². The quantitative estimate of drug-likeness (QED) is 0.257. The number of esters is 2. The third-order valence-electron chi connectivity index (χ3n) is 5.89. The van der Waals surface area contributed by atoms with Crippen LogP contribution in [0.3, 0.4) is 0 Å².